The number of ether oxygens (including phenoxy) is 1. The molecule has 9 aromatic rings. The summed E-state index contributed by atoms with van der Waals surface area (Å²) in [5.41, 5.74) is 9.08. The molecule has 6 heteroatoms. The first-order valence-corrected chi connectivity index (χ1v) is 17.0. The highest BCUT2D eigenvalue weighted by molar-refractivity contribution is 6.09. The first-order chi connectivity index (χ1) is 25.3. The topological polar surface area (TPSA) is 56.1 Å². The van der Waals surface area contributed by atoms with Gasteiger partial charge in [-0.1, -0.05) is 109 Å². The highest BCUT2D eigenvalue weighted by Crippen LogP contribution is 2.51. The minimum atomic E-state index is 0.618. The van der Waals surface area contributed by atoms with Crippen LogP contribution in [0.4, 0.5) is 17.1 Å². The zero-order valence-electron chi connectivity index (χ0n) is 27.4. The van der Waals surface area contributed by atoms with Crippen molar-refractivity contribution in [3.05, 3.63) is 176 Å². The summed E-state index contributed by atoms with van der Waals surface area (Å²) in [5, 5.41) is 2.45. The molecule has 0 amide bonds. The highest BCUT2D eigenvalue weighted by Gasteiger charge is 2.27. The van der Waals surface area contributed by atoms with E-state index in [9.17, 15) is 0 Å². The summed E-state index contributed by atoms with van der Waals surface area (Å²) in [5.74, 6) is 3.48. The highest BCUT2D eigenvalue weighted by atomic mass is 16.5. The summed E-state index contributed by atoms with van der Waals surface area (Å²) < 4.78 is 8.93. The number of rotatable bonds is 5. The van der Waals surface area contributed by atoms with Crippen molar-refractivity contribution < 1.29 is 4.74 Å². The molecule has 6 nitrogen and oxygen atoms in total. The maximum Gasteiger partial charge on any atom is 0.164 e. The molecule has 7 aromatic carbocycles. The van der Waals surface area contributed by atoms with E-state index in [4.69, 9.17) is 19.7 Å². The standard InChI is InChI=1S/C45H29N5O/c1-3-13-30(14-4-1)43-46-44(31-15-5-2-6-16-31)48-45(47-43)32-23-25-33(26-24-32)49-39-21-11-12-22-41(39)51-42-29-34(27-28-40(42)49)50-37-19-9-7-17-35(37)36-18-8-10-20-38(36)50/h1-29H. The number of para-hydroxylation sites is 4. The Kier molecular flexibility index (Phi) is 6.70. The quantitative estimate of drug-likeness (QED) is 0.185. The van der Waals surface area contributed by atoms with Gasteiger partial charge in [-0.25, -0.2) is 15.0 Å². The van der Waals surface area contributed by atoms with Gasteiger partial charge in [0.2, 0.25) is 0 Å². The Bertz CT molecular complexity index is 2610. The predicted octanol–water partition coefficient (Wildman–Crippen LogP) is 11.5. The van der Waals surface area contributed by atoms with Crippen LogP contribution >= 0.6 is 0 Å². The van der Waals surface area contributed by atoms with Gasteiger partial charge in [0.15, 0.2) is 29.0 Å². The van der Waals surface area contributed by atoms with Crippen LogP contribution in [0.2, 0.25) is 0 Å². The van der Waals surface area contributed by atoms with Crippen LogP contribution < -0.4 is 9.64 Å². The van der Waals surface area contributed by atoms with Gasteiger partial charge in [0.1, 0.15) is 0 Å². The number of anilines is 3. The molecule has 1 aliphatic heterocycles. The summed E-state index contributed by atoms with van der Waals surface area (Å²) in [6.07, 6.45) is 0. The van der Waals surface area contributed by atoms with Gasteiger partial charge in [0.05, 0.1) is 28.1 Å². The summed E-state index contributed by atoms with van der Waals surface area (Å²) in [6.45, 7) is 0. The van der Waals surface area contributed by atoms with Crippen LogP contribution in [0.3, 0.4) is 0 Å². The van der Waals surface area contributed by atoms with Crippen molar-refractivity contribution in [1.29, 1.82) is 0 Å². The maximum atomic E-state index is 6.61. The van der Waals surface area contributed by atoms with Crippen molar-refractivity contribution in [2.24, 2.45) is 0 Å². The van der Waals surface area contributed by atoms with Crippen LogP contribution in [0, 0.1) is 0 Å². The number of fused-ring (bicyclic) bond motifs is 5. The van der Waals surface area contributed by atoms with E-state index in [2.05, 4.69) is 107 Å². The largest absolute Gasteiger partial charge is 0.453 e. The van der Waals surface area contributed by atoms with Gasteiger partial charge in [-0.2, -0.15) is 0 Å². The second kappa shape index (κ2) is 11.8. The Balaban J connectivity index is 1.07. The number of benzene rings is 7. The van der Waals surface area contributed by atoms with Crippen molar-refractivity contribution in [1.82, 2.24) is 19.5 Å². The monoisotopic (exact) mass is 655 g/mol. The fourth-order valence-electron chi connectivity index (χ4n) is 7.06. The van der Waals surface area contributed by atoms with Crippen molar-refractivity contribution in [3.63, 3.8) is 0 Å². The average Bonchev–Trinajstić information content (AvgIpc) is 3.55. The molecule has 0 fully saturated rings. The van der Waals surface area contributed by atoms with E-state index in [0.29, 0.717) is 17.5 Å². The second-order valence-corrected chi connectivity index (χ2v) is 12.5. The average molecular weight is 656 g/mol. The summed E-state index contributed by atoms with van der Waals surface area (Å²) in [6, 6.07) is 60.3. The molecular formula is C45H29N5O. The molecule has 0 N–H and O–H groups in total. The molecule has 0 saturated heterocycles. The number of hydrogen-bond donors (Lipinski definition) is 0. The Morgan fingerprint density at radius 1 is 0.373 bits per heavy atom. The van der Waals surface area contributed by atoms with Gasteiger partial charge in [-0.3, -0.25) is 0 Å². The smallest absolute Gasteiger partial charge is 0.164 e. The SMILES string of the molecule is c1ccc(-c2nc(-c3ccccc3)nc(-c3ccc(N4c5ccccc5Oc5cc(-n6c7ccccc7c7ccccc76)ccc54)cc3)n2)cc1. The third-order valence-electron chi connectivity index (χ3n) is 9.43. The third-order valence-corrected chi connectivity index (χ3v) is 9.43. The normalized spacial score (nSPS) is 12.0. The molecule has 0 saturated carbocycles. The van der Waals surface area contributed by atoms with Gasteiger partial charge in [0.25, 0.3) is 0 Å². The van der Waals surface area contributed by atoms with Crippen LogP contribution in [-0.2, 0) is 0 Å². The van der Waals surface area contributed by atoms with Gasteiger partial charge in [-0.05, 0) is 60.7 Å². The maximum absolute atomic E-state index is 6.61. The van der Waals surface area contributed by atoms with Crippen molar-refractivity contribution >= 4 is 38.9 Å². The molecule has 1 aliphatic rings. The zero-order chi connectivity index (χ0) is 33.7. The van der Waals surface area contributed by atoms with Crippen LogP contribution in [-0.4, -0.2) is 19.5 Å². The van der Waals surface area contributed by atoms with Gasteiger partial charge >= 0.3 is 0 Å². The Morgan fingerprint density at radius 2 is 0.843 bits per heavy atom. The molecule has 0 aliphatic carbocycles. The van der Waals surface area contributed by atoms with Gasteiger partial charge in [-0.15, -0.1) is 0 Å². The van der Waals surface area contributed by atoms with E-state index in [1.807, 2.05) is 78.9 Å². The number of hydrogen-bond acceptors (Lipinski definition) is 5. The van der Waals surface area contributed by atoms with E-state index in [1.54, 1.807) is 0 Å². The van der Waals surface area contributed by atoms with Crippen LogP contribution in [0.25, 0.3) is 61.7 Å². The number of nitrogens with zero attached hydrogens (tertiary/aromatic N) is 5. The molecular weight excluding hydrogens is 627 g/mol. The molecule has 0 atom stereocenters. The third kappa shape index (κ3) is 4.92. The van der Waals surface area contributed by atoms with Crippen LogP contribution in [0.5, 0.6) is 11.5 Å². The molecule has 0 unspecified atom stereocenters. The molecule has 2 aromatic heterocycles. The molecule has 10 rings (SSSR count). The van der Waals surface area contributed by atoms with Crippen LogP contribution in [0.1, 0.15) is 0 Å². The first-order valence-electron chi connectivity index (χ1n) is 17.0. The summed E-state index contributed by atoms with van der Waals surface area (Å²) in [7, 11) is 0. The summed E-state index contributed by atoms with van der Waals surface area (Å²) >= 11 is 0. The molecule has 51 heavy (non-hydrogen) atoms. The molecule has 0 radical (unpaired) electrons. The lowest BCUT2D eigenvalue weighted by Gasteiger charge is -2.33. The summed E-state index contributed by atoms with van der Waals surface area (Å²) in [4.78, 5) is 17.0. The van der Waals surface area contributed by atoms with Crippen molar-refractivity contribution in [2.75, 3.05) is 4.90 Å². The van der Waals surface area contributed by atoms with E-state index in [1.165, 1.54) is 10.8 Å². The lowest BCUT2D eigenvalue weighted by atomic mass is 10.1. The fraction of sp³-hybridized carbons (Fsp3) is 0. The second-order valence-electron chi connectivity index (χ2n) is 12.5. The Hall–Kier alpha value is -7.05. The molecule has 240 valence electrons. The Labute approximate surface area is 294 Å². The predicted molar refractivity (Wildman–Crippen MR) is 205 cm³/mol. The minimum Gasteiger partial charge on any atom is -0.453 e. The lowest BCUT2D eigenvalue weighted by Crippen LogP contribution is -2.16. The van der Waals surface area contributed by atoms with Gasteiger partial charge in [0, 0.05) is 39.2 Å². The van der Waals surface area contributed by atoms with Gasteiger partial charge < -0.3 is 14.2 Å². The van der Waals surface area contributed by atoms with E-state index in [0.717, 1.165) is 62.0 Å². The Morgan fingerprint density at radius 3 is 1.45 bits per heavy atom. The molecule has 0 bridgehead atoms. The van der Waals surface area contributed by atoms with E-state index < -0.39 is 0 Å². The fourth-order valence-corrected chi connectivity index (χ4v) is 7.06. The van der Waals surface area contributed by atoms with E-state index in [-0.39, 0.29) is 0 Å². The van der Waals surface area contributed by atoms with Crippen LogP contribution in [0.15, 0.2) is 176 Å². The lowest BCUT2D eigenvalue weighted by molar-refractivity contribution is 0.477. The van der Waals surface area contributed by atoms with E-state index >= 15 is 0 Å². The zero-order valence-corrected chi connectivity index (χ0v) is 27.4. The van der Waals surface area contributed by atoms with Crippen molar-refractivity contribution in [2.45, 2.75) is 0 Å². The first kappa shape index (κ1) is 28.9. The molecule has 3 heterocycles. The number of aromatic nitrogens is 4. The van der Waals surface area contributed by atoms with Crippen molar-refractivity contribution in [3.8, 4) is 51.3 Å². The molecule has 0 spiro atoms. The minimum absolute atomic E-state index is 0.618.